The van der Waals surface area contributed by atoms with Crippen LogP contribution in [0, 0.1) is 23.1 Å². The van der Waals surface area contributed by atoms with Crippen LogP contribution in [-0.2, 0) is 6.42 Å². The molecular formula is C18H23BrFN. The molecule has 0 saturated heterocycles. The highest BCUT2D eigenvalue weighted by Gasteiger charge is 2.50. The van der Waals surface area contributed by atoms with E-state index < -0.39 is 0 Å². The summed E-state index contributed by atoms with van der Waals surface area (Å²) in [6.45, 7) is 1.13. The predicted molar refractivity (Wildman–Crippen MR) is 86.7 cm³/mol. The van der Waals surface area contributed by atoms with Gasteiger partial charge in [-0.15, -0.1) is 0 Å². The monoisotopic (exact) mass is 351 g/mol. The van der Waals surface area contributed by atoms with E-state index in [9.17, 15) is 4.39 Å². The third-order valence-corrected chi connectivity index (χ3v) is 6.36. The van der Waals surface area contributed by atoms with Crippen LogP contribution in [-0.4, -0.2) is 12.6 Å². The average Bonchev–Trinajstić information content (AvgIpc) is 3.05. The Bertz CT molecular complexity index is 522. The molecule has 3 atom stereocenters. The predicted octanol–water partition coefficient (Wildman–Crippen LogP) is 4.69. The summed E-state index contributed by atoms with van der Waals surface area (Å²) in [4.78, 5) is 0. The van der Waals surface area contributed by atoms with Crippen molar-refractivity contribution in [2.45, 2.75) is 51.0 Å². The zero-order valence-corrected chi connectivity index (χ0v) is 14.0. The van der Waals surface area contributed by atoms with Crippen molar-refractivity contribution in [3.8, 4) is 0 Å². The van der Waals surface area contributed by atoms with Gasteiger partial charge in [0.1, 0.15) is 5.82 Å². The van der Waals surface area contributed by atoms with E-state index in [4.69, 9.17) is 0 Å². The molecule has 3 unspecified atom stereocenters. The van der Waals surface area contributed by atoms with Crippen LogP contribution in [0.3, 0.4) is 0 Å². The minimum absolute atomic E-state index is 0.118. The highest BCUT2D eigenvalue weighted by molar-refractivity contribution is 9.10. The zero-order valence-electron chi connectivity index (χ0n) is 12.4. The Hall–Kier alpha value is -0.410. The first kappa shape index (κ1) is 14.2. The molecule has 1 N–H and O–H groups in total. The van der Waals surface area contributed by atoms with E-state index in [0.29, 0.717) is 5.41 Å². The molecule has 0 heterocycles. The molecule has 0 radical (unpaired) electrons. The Morgan fingerprint density at radius 3 is 2.67 bits per heavy atom. The van der Waals surface area contributed by atoms with Gasteiger partial charge in [0.05, 0.1) is 0 Å². The van der Waals surface area contributed by atoms with Gasteiger partial charge < -0.3 is 5.32 Å². The van der Waals surface area contributed by atoms with Crippen LogP contribution in [0.25, 0.3) is 0 Å². The number of benzene rings is 1. The molecule has 3 heteroatoms. The van der Waals surface area contributed by atoms with E-state index >= 15 is 0 Å². The third-order valence-electron chi connectivity index (χ3n) is 5.90. The van der Waals surface area contributed by atoms with Crippen molar-refractivity contribution >= 4 is 15.9 Å². The minimum atomic E-state index is -0.118. The van der Waals surface area contributed by atoms with Crippen molar-refractivity contribution in [2.24, 2.45) is 17.3 Å². The van der Waals surface area contributed by atoms with Gasteiger partial charge in [-0.3, -0.25) is 0 Å². The normalized spacial score (nSPS) is 34.6. The topological polar surface area (TPSA) is 12.0 Å². The highest BCUT2D eigenvalue weighted by Crippen LogP contribution is 2.57. The Kier molecular flexibility index (Phi) is 3.61. The second-order valence-electron chi connectivity index (χ2n) is 7.55. The number of nitrogens with one attached hydrogen (secondary N) is 1. The molecule has 0 aromatic heterocycles. The fourth-order valence-corrected chi connectivity index (χ4v) is 5.32. The van der Waals surface area contributed by atoms with Crippen LogP contribution < -0.4 is 5.32 Å². The van der Waals surface area contributed by atoms with Crippen LogP contribution in [0.2, 0.25) is 0 Å². The molecule has 1 aromatic rings. The molecule has 3 aliphatic rings. The zero-order chi connectivity index (χ0) is 14.4. The van der Waals surface area contributed by atoms with E-state index in [1.54, 1.807) is 12.1 Å². The Balaban J connectivity index is 1.56. The first-order valence-corrected chi connectivity index (χ1v) is 9.11. The number of hydrogen-bond donors (Lipinski definition) is 1. The lowest BCUT2D eigenvalue weighted by molar-refractivity contribution is 0.155. The summed E-state index contributed by atoms with van der Waals surface area (Å²) in [6.07, 6.45) is 9.26. The summed E-state index contributed by atoms with van der Waals surface area (Å²) < 4.78 is 14.6. The van der Waals surface area contributed by atoms with E-state index in [1.807, 2.05) is 0 Å². The Morgan fingerprint density at radius 1 is 1.19 bits per heavy atom. The quantitative estimate of drug-likeness (QED) is 0.811. The lowest BCUT2D eigenvalue weighted by Crippen LogP contribution is -2.41. The number of halogens is 2. The first-order valence-electron chi connectivity index (χ1n) is 8.31. The third kappa shape index (κ3) is 2.92. The highest BCUT2D eigenvalue weighted by atomic mass is 79.9. The van der Waals surface area contributed by atoms with Gasteiger partial charge in [0.25, 0.3) is 0 Å². The average molecular weight is 352 g/mol. The molecule has 0 aliphatic heterocycles. The van der Waals surface area contributed by atoms with Crippen LogP contribution in [0.5, 0.6) is 0 Å². The summed E-state index contributed by atoms with van der Waals surface area (Å²) in [7, 11) is 0. The maximum absolute atomic E-state index is 13.7. The van der Waals surface area contributed by atoms with Crippen molar-refractivity contribution in [3.63, 3.8) is 0 Å². The number of hydrogen-bond acceptors (Lipinski definition) is 1. The molecular weight excluding hydrogens is 329 g/mol. The summed E-state index contributed by atoms with van der Waals surface area (Å²) in [6, 6.07) is 6.16. The van der Waals surface area contributed by atoms with E-state index in [-0.39, 0.29) is 5.82 Å². The Morgan fingerprint density at radius 2 is 2.05 bits per heavy atom. The Labute approximate surface area is 134 Å². The summed E-state index contributed by atoms with van der Waals surface area (Å²) in [5, 5.41) is 3.77. The van der Waals surface area contributed by atoms with E-state index in [2.05, 4.69) is 27.3 Å². The fourth-order valence-electron chi connectivity index (χ4n) is 4.81. The van der Waals surface area contributed by atoms with Crippen molar-refractivity contribution in [2.75, 3.05) is 6.54 Å². The van der Waals surface area contributed by atoms with Crippen LogP contribution in [0.1, 0.15) is 44.1 Å². The van der Waals surface area contributed by atoms with E-state index in [0.717, 1.165) is 40.9 Å². The molecule has 3 saturated carbocycles. The maximum atomic E-state index is 13.7. The van der Waals surface area contributed by atoms with Gasteiger partial charge in [0.15, 0.2) is 0 Å². The van der Waals surface area contributed by atoms with Gasteiger partial charge in [-0.25, -0.2) is 4.39 Å². The standard InChI is InChI=1S/C18H23BrFN/c19-15-6-13(7-16(20)8-15)10-18(11-21-17-3-4-17)9-12-1-2-14(18)5-12/h6-8,12,14,17,21H,1-5,9-11H2. The fraction of sp³-hybridized carbons (Fsp3) is 0.667. The van der Waals surface area contributed by atoms with Gasteiger partial charge >= 0.3 is 0 Å². The maximum Gasteiger partial charge on any atom is 0.124 e. The molecule has 21 heavy (non-hydrogen) atoms. The van der Waals surface area contributed by atoms with Crippen LogP contribution >= 0.6 is 15.9 Å². The largest absolute Gasteiger partial charge is 0.313 e. The SMILES string of the molecule is Fc1cc(Br)cc(CC2(CNC3CC3)CC3CCC2C3)c1. The van der Waals surface area contributed by atoms with Gasteiger partial charge in [0.2, 0.25) is 0 Å². The van der Waals surface area contributed by atoms with E-state index in [1.165, 1.54) is 38.5 Å². The molecule has 0 amide bonds. The summed E-state index contributed by atoms with van der Waals surface area (Å²) in [5.41, 5.74) is 1.53. The minimum Gasteiger partial charge on any atom is -0.313 e. The second kappa shape index (κ2) is 5.34. The van der Waals surface area contributed by atoms with Crippen molar-refractivity contribution in [3.05, 3.63) is 34.1 Å². The smallest absolute Gasteiger partial charge is 0.124 e. The molecule has 3 aliphatic carbocycles. The summed E-state index contributed by atoms with van der Waals surface area (Å²) >= 11 is 3.44. The molecule has 0 spiro atoms. The van der Waals surface area contributed by atoms with Gasteiger partial charge in [-0.1, -0.05) is 22.4 Å². The van der Waals surface area contributed by atoms with Crippen molar-refractivity contribution in [1.29, 1.82) is 0 Å². The second-order valence-corrected chi connectivity index (χ2v) is 8.47. The first-order chi connectivity index (χ1) is 10.1. The molecule has 1 aromatic carbocycles. The molecule has 114 valence electrons. The lowest BCUT2D eigenvalue weighted by Gasteiger charge is -2.38. The van der Waals surface area contributed by atoms with Crippen molar-refractivity contribution < 1.29 is 4.39 Å². The number of rotatable bonds is 5. The van der Waals surface area contributed by atoms with Gasteiger partial charge in [-0.2, -0.15) is 0 Å². The van der Waals surface area contributed by atoms with Gasteiger partial charge in [0, 0.05) is 17.1 Å². The molecule has 2 bridgehead atoms. The number of fused-ring (bicyclic) bond motifs is 2. The molecule has 4 rings (SSSR count). The lowest BCUT2D eigenvalue weighted by atomic mass is 9.69. The molecule has 3 fully saturated rings. The molecule has 1 nitrogen and oxygen atoms in total. The van der Waals surface area contributed by atoms with Gasteiger partial charge in [-0.05, 0) is 79.5 Å². The van der Waals surface area contributed by atoms with Crippen LogP contribution in [0.15, 0.2) is 22.7 Å². The van der Waals surface area contributed by atoms with Crippen LogP contribution in [0.4, 0.5) is 4.39 Å². The van der Waals surface area contributed by atoms with Crippen molar-refractivity contribution in [1.82, 2.24) is 5.32 Å². The summed E-state index contributed by atoms with van der Waals surface area (Å²) in [5.74, 6) is 1.65.